The monoisotopic (exact) mass is 289 g/mol. The van der Waals surface area contributed by atoms with Crippen LogP contribution in [0.5, 0.6) is 0 Å². The van der Waals surface area contributed by atoms with Crippen LogP contribution in [0.25, 0.3) is 0 Å². The Morgan fingerprint density at radius 3 is 2.52 bits per heavy atom. The van der Waals surface area contributed by atoms with Crippen LogP contribution in [0.1, 0.15) is 44.2 Å². The van der Waals surface area contributed by atoms with Crippen LogP contribution < -0.4 is 5.32 Å². The zero-order valence-corrected chi connectivity index (χ0v) is 12.7. The molecule has 2 heterocycles. The van der Waals surface area contributed by atoms with Crippen LogP contribution in [0, 0.1) is 10.1 Å². The van der Waals surface area contributed by atoms with E-state index in [9.17, 15) is 10.1 Å². The zero-order chi connectivity index (χ0) is 15.0. The molecule has 1 N–H and O–H groups in total. The van der Waals surface area contributed by atoms with E-state index in [1.54, 1.807) is 12.1 Å². The van der Waals surface area contributed by atoms with Gasteiger partial charge in [-0.15, -0.1) is 0 Å². The van der Waals surface area contributed by atoms with Crippen molar-refractivity contribution in [3.63, 3.8) is 0 Å². The highest BCUT2D eigenvalue weighted by atomic mass is 16.6. The van der Waals surface area contributed by atoms with E-state index in [0.717, 1.165) is 18.4 Å². The molecule has 3 rings (SSSR count). The SMILES string of the molecule is CC(c1ccccc1[N+](=O)[O-])N(C)C1CC2CCC(C1)N2. The third-order valence-electron chi connectivity index (χ3n) is 5.22. The summed E-state index contributed by atoms with van der Waals surface area (Å²) in [6.45, 7) is 2.08. The van der Waals surface area contributed by atoms with Gasteiger partial charge in [0.25, 0.3) is 5.69 Å². The van der Waals surface area contributed by atoms with Gasteiger partial charge in [0.05, 0.1) is 4.92 Å². The molecule has 1 aromatic rings. The van der Waals surface area contributed by atoms with Gasteiger partial charge in [-0.05, 0) is 39.7 Å². The molecule has 0 spiro atoms. The van der Waals surface area contributed by atoms with Crippen molar-refractivity contribution >= 4 is 5.69 Å². The predicted molar refractivity (Wildman–Crippen MR) is 82.2 cm³/mol. The second-order valence-electron chi connectivity index (χ2n) is 6.42. The van der Waals surface area contributed by atoms with Gasteiger partial charge >= 0.3 is 0 Å². The summed E-state index contributed by atoms with van der Waals surface area (Å²) < 4.78 is 0. The Morgan fingerprint density at radius 1 is 1.29 bits per heavy atom. The molecule has 0 saturated carbocycles. The smallest absolute Gasteiger partial charge is 0.274 e. The molecule has 2 bridgehead atoms. The van der Waals surface area contributed by atoms with Crippen LogP contribution >= 0.6 is 0 Å². The molecule has 1 aromatic carbocycles. The van der Waals surface area contributed by atoms with Gasteiger partial charge in [-0.25, -0.2) is 0 Å². The predicted octanol–water partition coefficient (Wildman–Crippen LogP) is 2.87. The standard InChI is InChI=1S/C16H23N3O2/c1-11(15-5-3-4-6-16(15)19(20)21)18(2)14-9-12-7-8-13(10-14)17-12/h3-6,11-14,17H,7-10H2,1-2H3. The van der Waals surface area contributed by atoms with E-state index in [4.69, 9.17) is 0 Å². The molecule has 0 radical (unpaired) electrons. The second kappa shape index (κ2) is 5.73. The molecule has 3 unspecified atom stereocenters. The first kappa shape index (κ1) is 14.5. The maximum absolute atomic E-state index is 11.2. The van der Waals surface area contributed by atoms with Crippen LogP contribution in [0.2, 0.25) is 0 Å². The molecule has 21 heavy (non-hydrogen) atoms. The van der Waals surface area contributed by atoms with Crippen molar-refractivity contribution in [3.05, 3.63) is 39.9 Å². The third-order valence-corrected chi connectivity index (χ3v) is 5.22. The normalized spacial score (nSPS) is 29.6. The van der Waals surface area contributed by atoms with Crippen LogP contribution in [0.4, 0.5) is 5.69 Å². The van der Waals surface area contributed by atoms with Crippen molar-refractivity contribution in [3.8, 4) is 0 Å². The molecule has 0 aromatic heterocycles. The number of hydrogen-bond donors (Lipinski definition) is 1. The van der Waals surface area contributed by atoms with E-state index in [-0.39, 0.29) is 16.7 Å². The summed E-state index contributed by atoms with van der Waals surface area (Å²) in [5.41, 5.74) is 1.05. The lowest BCUT2D eigenvalue weighted by Crippen LogP contribution is -2.47. The lowest BCUT2D eigenvalue weighted by Gasteiger charge is -2.38. The maximum atomic E-state index is 11.2. The van der Waals surface area contributed by atoms with Crippen molar-refractivity contribution in [1.82, 2.24) is 10.2 Å². The van der Waals surface area contributed by atoms with Crippen molar-refractivity contribution in [1.29, 1.82) is 0 Å². The lowest BCUT2D eigenvalue weighted by molar-refractivity contribution is -0.386. The molecule has 5 heteroatoms. The number of piperidine rings is 1. The molecule has 2 aliphatic heterocycles. The number of nitro benzene ring substituents is 1. The first-order valence-corrected chi connectivity index (χ1v) is 7.77. The molecule has 5 nitrogen and oxygen atoms in total. The van der Waals surface area contributed by atoms with Crippen LogP contribution in [-0.4, -0.2) is 35.0 Å². The molecule has 2 aliphatic rings. The average Bonchev–Trinajstić information content (AvgIpc) is 2.84. The molecule has 2 saturated heterocycles. The Morgan fingerprint density at radius 2 is 1.90 bits per heavy atom. The number of rotatable bonds is 4. The summed E-state index contributed by atoms with van der Waals surface area (Å²) in [6.07, 6.45) is 4.85. The Labute approximate surface area is 125 Å². The van der Waals surface area contributed by atoms with Gasteiger partial charge in [-0.1, -0.05) is 18.2 Å². The highest BCUT2D eigenvalue weighted by Crippen LogP contribution is 2.35. The van der Waals surface area contributed by atoms with E-state index >= 15 is 0 Å². The number of hydrogen-bond acceptors (Lipinski definition) is 4. The number of para-hydroxylation sites is 1. The summed E-state index contributed by atoms with van der Waals surface area (Å²) >= 11 is 0. The van der Waals surface area contributed by atoms with Crippen molar-refractivity contribution in [2.45, 2.75) is 56.8 Å². The number of nitro groups is 1. The van der Waals surface area contributed by atoms with Crippen LogP contribution in [0.15, 0.2) is 24.3 Å². The number of nitrogens with zero attached hydrogens (tertiary/aromatic N) is 2. The molecule has 3 atom stereocenters. The largest absolute Gasteiger partial charge is 0.311 e. The van der Waals surface area contributed by atoms with Crippen LogP contribution in [-0.2, 0) is 0 Å². The van der Waals surface area contributed by atoms with Crippen LogP contribution in [0.3, 0.4) is 0 Å². The Balaban J connectivity index is 1.78. The van der Waals surface area contributed by atoms with E-state index in [0.29, 0.717) is 18.1 Å². The summed E-state index contributed by atoms with van der Waals surface area (Å²) in [4.78, 5) is 13.3. The summed E-state index contributed by atoms with van der Waals surface area (Å²) in [6, 6.07) is 8.95. The number of fused-ring (bicyclic) bond motifs is 2. The highest BCUT2D eigenvalue weighted by Gasteiger charge is 2.37. The van der Waals surface area contributed by atoms with E-state index in [2.05, 4.69) is 24.2 Å². The Hall–Kier alpha value is -1.46. The minimum absolute atomic E-state index is 0.0640. The molecular weight excluding hydrogens is 266 g/mol. The minimum atomic E-state index is -0.272. The van der Waals surface area contributed by atoms with Crippen molar-refractivity contribution < 1.29 is 4.92 Å². The molecular formula is C16H23N3O2. The van der Waals surface area contributed by atoms with E-state index < -0.39 is 0 Å². The Kier molecular flexibility index (Phi) is 3.95. The lowest BCUT2D eigenvalue weighted by atomic mass is 9.95. The van der Waals surface area contributed by atoms with E-state index in [1.165, 1.54) is 12.8 Å². The summed E-state index contributed by atoms with van der Waals surface area (Å²) in [5.74, 6) is 0. The van der Waals surface area contributed by atoms with Gasteiger partial charge in [0.15, 0.2) is 0 Å². The zero-order valence-electron chi connectivity index (χ0n) is 12.7. The third kappa shape index (κ3) is 2.80. The Bertz CT molecular complexity index is 522. The van der Waals surface area contributed by atoms with Crippen molar-refractivity contribution in [2.24, 2.45) is 0 Å². The number of benzene rings is 1. The molecule has 0 amide bonds. The maximum Gasteiger partial charge on any atom is 0.274 e. The first-order chi connectivity index (χ1) is 10.1. The van der Waals surface area contributed by atoms with E-state index in [1.807, 2.05) is 12.1 Å². The summed E-state index contributed by atoms with van der Waals surface area (Å²) in [5, 5.41) is 14.9. The molecule has 114 valence electrons. The average molecular weight is 289 g/mol. The van der Waals surface area contributed by atoms with Gasteiger partial charge in [0.1, 0.15) is 0 Å². The minimum Gasteiger partial charge on any atom is -0.311 e. The first-order valence-electron chi connectivity index (χ1n) is 7.77. The van der Waals surface area contributed by atoms with Gasteiger partial charge in [-0.2, -0.15) is 0 Å². The topological polar surface area (TPSA) is 58.4 Å². The fourth-order valence-electron chi connectivity index (χ4n) is 3.90. The van der Waals surface area contributed by atoms with Gasteiger partial charge in [0.2, 0.25) is 0 Å². The summed E-state index contributed by atoms with van der Waals surface area (Å²) in [7, 11) is 2.11. The molecule has 0 aliphatic carbocycles. The quantitative estimate of drug-likeness (QED) is 0.684. The van der Waals surface area contributed by atoms with Crippen molar-refractivity contribution in [2.75, 3.05) is 7.05 Å². The highest BCUT2D eigenvalue weighted by molar-refractivity contribution is 5.41. The molecule has 2 fully saturated rings. The fourth-order valence-corrected chi connectivity index (χ4v) is 3.90. The van der Waals surface area contributed by atoms with Gasteiger partial charge < -0.3 is 5.32 Å². The van der Waals surface area contributed by atoms with Gasteiger partial charge in [-0.3, -0.25) is 15.0 Å². The number of nitrogens with one attached hydrogen (secondary N) is 1. The fraction of sp³-hybridized carbons (Fsp3) is 0.625. The second-order valence-corrected chi connectivity index (χ2v) is 6.42. The van der Waals surface area contributed by atoms with Gasteiger partial charge in [0, 0.05) is 35.8 Å².